The molecule has 2 heteroatoms. The van der Waals surface area contributed by atoms with Crippen molar-refractivity contribution in [1.29, 1.82) is 0 Å². The Kier molecular flexibility index (Phi) is 8.10. The molecular weight excluding hydrogens is 403 g/mol. The smallest absolute Gasteiger partial charge is 0.131 e. The van der Waals surface area contributed by atoms with Crippen LogP contribution in [0.1, 0.15) is 95.5 Å². The van der Waals surface area contributed by atoms with Gasteiger partial charge in [-0.25, -0.2) is 4.39 Å². The van der Waals surface area contributed by atoms with E-state index in [9.17, 15) is 4.39 Å². The molecule has 0 heterocycles. The van der Waals surface area contributed by atoms with Crippen LogP contribution in [0.5, 0.6) is 0 Å². The standard InChI is InChI=1S/C29H38ClF/c1-2-3-4-5-6-7-21-8-9-24-19-25(11-10-23(24)18-21)26-14-17-28(29(31)20-26)22-12-15-27(30)16-13-22/h12-17,20-21,23-25H,2-11,18-19H2,1H3. The third kappa shape index (κ3) is 5.92. The molecule has 0 aromatic heterocycles. The summed E-state index contributed by atoms with van der Waals surface area (Å²) in [7, 11) is 0. The summed E-state index contributed by atoms with van der Waals surface area (Å²) >= 11 is 5.98. The minimum Gasteiger partial charge on any atom is -0.206 e. The molecule has 0 nitrogen and oxygen atoms in total. The highest BCUT2D eigenvalue weighted by Crippen LogP contribution is 2.48. The Balaban J connectivity index is 1.31. The summed E-state index contributed by atoms with van der Waals surface area (Å²) in [6.45, 7) is 2.29. The van der Waals surface area contributed by atoms with Gasteiger partial charge in [0.15, 0.2) is 0 Å². The number of fused-ring (bicyclic) bond motifs is 1. The Labute approximate surface area is 193 Å². The highest BCUT2D eigenvalue weighted by Gasteiger charge is 2.35. The molecule has 0 bridgehead atoms. The molecule has 2 aliphatic carbocycles. The quantitative estimate of drug-likeness (QED) is 0.358. The number of hydrogen-bond donors (Lipinski definition) is 0. The molecule has 0 amide bonds. The van der Waals surface area contributed by atoms with Crippen molar-refractivity contribution in [3.63, 3.8) is 0 Å². The van der Waals surface area contributed by atoms with E-state index in [-0.39, 0.29) is 5.82 Å². The Morgan fingerprint density at radius 1 is 0.839 bits per heavy atom. The molecule has 4 atom stereocenters. The fraction of sp³-hybridized carbons (Fsp3) is 0.586. The number of benzene rings is 2. The van der Waals surface area contributed by atoms with Gasteiger partial charge in [-0.1, -0.05) is 87.7 Å². The maximum absolute atomic E-state index is 14.9. The molecule has 2 aliphatic rings. The molecule has 0 N–H and O–H groups in total. The van der Waals surface area contributed by atoms with Crippen molar-refractivity contribution < 1.29 is 4.39 Å². The van der Waals surface area contributed by atoms with Crippen molar-refractivity contribution in [3.8, 4) is 11.1 Å². The average molecular weight is 441 g/mol. The van der Waals surface area contributed by atoms with Crippen molar-refractivity contribution in [2.24, 2.45) is 17.8 Å². The predicted molar refractivity (Wildman–Crippen MR) is 131 cm³/mol. The largest absolute Gasteiger partial charge is 0.206 e. The van der Waals surface area contributed by atoms with Crippen LogP contribution >= 0.6 is 11.6 Å². The molecule has 0 saturated heterocycles. The summed E-state index contributed by atoms with van der Waals surface area (Å²) in [5.41, 5.74) is 2.77. The molecule has 0 radical (unpaired) electrons. The van der Waals surface area contributed by atoms with Crippen LogP contribution in [-0.2, 0) is 0 Å². The zero-order valence-electron chi connectivity index (χ0n) is 19.1. The highest BCUT2D eigenvalue weighted by molar-refractivity contribution is 6.30. The van der Waals surface area contributed by atoms with Gasteiger partial charge in [-0.15, -0.1) is 0 Å². The number of hydrogen-bond acceptors (Lipinski definition) is 0. The van der Waals surface area contributed by atoms with E-state index in [2.05, 4.69) is 13.0 Å². The summed E-state index contributed by atoms with van der Waals surface area (Å²) in [6.07, 6.45) is 16.6. The molecule has 2 aromatic carbocycles. The molecule has 4 unspecified atom stereocenters. The number of rotatable bonds is 8. The zero-order chi connectivity index (χ0) is 21.6. The SMILES string of the molecule is CCCCCCCC1CCC2CC(c3ccc(-c4ccc(Cl)cc4)c(F)c3)CCC2C1. The van der Waals surface area contributed by atoms with Crippen LogP contribution in [0, 0.1) is 23.6 Å². The van der Waals surface area contributed by atoms with Crippen LogP contribution < -0.4 is 0 Å². The van der Waals surface area contributed by atoms with Crippen molar-refractivity contribution in [1.82, 2.24) is 0 Å². The van der Waals surface area contributed by atoms with E-state index in [0.717, 1.165) is 23.3 Å². The first-order valence-electron chi connectivity index (χ1n) is 12.7. The number of unbranched alkanes of at least 4 members (excludes halogenated alkanes) is 4. The van der Waals surface area contributed by atoms with Crippen molar-refractivity contribution in [3.05, 3.63) is 58.9 Å². The van der Waals surface area contributed by atoms with E-state index in [1.165, 1.54) is 82.6 Å². The Hall–Kier alpha value is -1.34. The van der Waals surface area contributed by atoms with E-state index in [4.69, 9.17) is 11.6 Å². The second kappa shape index (κ2) is 11.0. The topological polar surface area (TPSA) is 0 Å². The molecule has 2 saturated carbocycles. The summed E-state index contributed by atoms with van der Waals surface area (Å²) in [6, 6.07) is 13.4. The van der Waals surface area contributed by atoms with Gasteiger partial charge in [0.2, 0.25) is 0 Å². The first-order valence-corrected chi connectivity index (χ1v) is 13.1. The second-order valence-electron chi connectivity index (χ2n) is 10.2. The van der Waals surface area contributed by atoms with Crippen molar-refractivity contribution in [2.45, 2.75) is 89.9 Å². The second-order valence-corrected chi connectivity index (χ2v) is 10.6. The first-order chi connectivity index (χ1) is 15.1. The normalized spacial score (nSPS) is 25.9. The van der Waals surface area contributed by atoms with E-state index >= 15 is 0 Å². The van der Waals surface area contributed by atoms with Gasteiger partial charge in [0.25, 0.3) is 0 Å². The maximum Gasteiger partial charge on any atom is 0.131 e. The van der Waals surface area contributed by atoms with Gasteiger partial charge in [0.1, 0.15) is 5.82 Å². The Morgan fingerprint density at radius 2 is 1.58 bits per heavy atom. The lowest BCUT2D eigenvalue weighted by Gasteiger charge is -2.42. The first kappa shape index (κ1) is 22.8. The predicted octanol–water partition coefficient (Wildman–Crippen LogP) is 9.81. The molecule has 168 valence electrons. The minimum atomic E-state index is -0.103. The van der Waals surface area contributed by atoms with Crippen molar-refractivity contribution >= 4 is 11.6 Å². The summed E-state index contributed by atoms with van der Waals surface area (Å²) < 4.78 is 14.9. The van der Waals surface area contributed by atoms with Crippen molar-refractivity contribution in [2.75, 3.05) is 0 Å². The van der Waals surface area contributed by atoms with Crippen LogP contribution in [0.4, 0.5) is 4.39 Å². The van der Waals surface area contributed by atoms with Crippen LogP contribution in [0.3, 0.4) is 0 Å². The van der Waals surface area contributed by atoms with Gasteiger partial charge in [-0.3, -0.25) is 0 Å². The van der Waals surface area contributed by atoms with E-state index in [1.807, 2.05) is 30.3 Å². The van der Waals surface area contributed by atoms with Crippen LogP contribution in [0.25, 0.3) is 11.1 Å². The van der Waals surface area contributed by atoms with Crippen LogP contribution in [0.15, 0.2) is 42.5 Å². The highest BCUT2D eigenvalue weighted by atomic mass is 35.5. The van der Waals surface area contributed by atoms with Gasteiger partial charge in [0.05, 0.1) is 0 Å². The molecule has 0 spiro atoms. The van der Waals surface area contributed by atoms with E-state index < -0.39 is 0 Å². The molecule has 2 aromatic rings. The molecule has 31 heavy (non-hydrogen) atoms. The molecule has 0 aliphatic heterocycles. The molecule has 2 fully saturated rings. The lowest BCUT2D eigenvalue weighted by molar-refractivity contribution is 0.113. The average Bonchev–Trinajstić information content (AvgIpc) is 2.79. The van der Waals surface area contributed by atoms with Crippen LogP contribution in [-0.4, -0.2) is 0 Å². The van der Waals surface area contributed by atoms with Gasteiger partial charge < -0.3 is 0 Å². The van der Waals surface area contributed by atoms with E-state index in [0.29, 0.717) is 16.5 Å². The minimum absolute atomic E-state index is 0.103. The fourth-order valence-electron chi connectivity index (χ4n) is 6.24. The monoisotopic (exact) mass is 440 g/mol. The van der Waals surface area contributed by atoms with Gasteiger partial charge in [0, 0.05) is 10.6 Å². The lowest BCUT2D eigenvalue weighted by atomic mass is 9.63. The maximum atomic E-state index is 14.9. The zero-order valence-corrected chi connectivity index (χ0v) is 19.8. The summed E-state index contributed by atoms with van der Waals surface area (Å²) in [5.74, 6) is 3.17. The number of halogens is 2. The molecular formula is C29H38ClF. The Bertz CT molecular complexity index is 827. The van der Waals surface area contributed by atoms with Gasteiger partial charge in [-0.05, 0) is 85.1 Å². The van der Waals surface area contributed by atoms with Gasteiger partial charge in [-0.2, -0.15) is 0 Å². The summed E-state index contributed by atoms with van der Waals surface area (Å²) in [5, 5.41) is 0.684. The molecule has 4 rings (SSSR count). The Morgan fingerprint density at radius 3 is 2.35 bits per heavy atom. The van der Waals surface area contributed by atoms with Crippen LogP contribution in [0.2, 0.25) is 5.02 Å². The third-order valence-electron chi connectivity index (χ3n) is 8.06. The lowest BCUT2D eigenvalue weighted by Crippen LogP contribution is -2.30. The fourth-order valence-corrected chi connectivity index (χ4v) is 6.36. The van der Waals surface area contributed by atoms with E-state index in [1.54, 1.807) is 6.07 Å². The third-order valence-corrected chi connectivity index (χ3v) is 8.31. The van der Waals surface area contributed by atoms with Gasteiger partial charge >= 0.3 is 0 Å². The summed E-state index contributed by atoms with van der Waals surface area (Å²) in [4.78, 5) is 0.